The maximum Gasteiger partial charge on any atom is 0.246 e. The number of sulfonamides is 1. The summed E-state index contributed by atoms with van der Waals surface area (Å²) in [5.41, 5.74) is 5.48. The molecule has 1 aromatic rings. The van der Waals surface area contributed by atoms with Crippen molar-refractivity contribution in [2.45, 2.75) is 43.0 Å². The summed E-state index contributed by atoms with van der Waals surface area (Å²) in [7, 11) is -3.64. The highest BCUT2D eigenvalue weighted by Gasteiger charge is 2.46. The zero-order chi connectivity index (χ0) is 17.4. The molecule has 0 spiro atoms. The molecule has 0 aromatic heterocycles. The summed E-state index contributed by atoms with van der Waals surface area (Å²) in [6.45, 7) is 3.18. The topological polar surface area (TPSA) is 102 Å². The minimum Gasteiger partial charge on any atom is -0.492 e. The van der Waals surface area contributed by atoms with Gasteiger partial charge in [0.05, 0.1) is 12.1 Å². The molecule has 0 unspecified atom stereocenters. The number of amides is 1. The Hall–Kier alpha value is -1.64. The van der Waals surface area contributed by atoms with Gasteiger partial charge in [-0.05, 0) is 50.8 Å². The van der Waals surface area contributed by atoms with Crippen LogP contribution in [0.25, 0.3) is 0 Å². The molecule has 0 atom stereocenters. The summed E-state index contributed by atoms with van der Waals surface area (Å²) < 4.78 is 32.7. The first-order valence-electron chi connectivity index (χ1n) is 8.24. The van der Waals surface area contributed by atoms with Gasteiger partial charge in [-0.25, -0.2) is 8.42 Å². The van der Waals surface area contributed by atoms with Gasteiger partial charge in [0, 0.05) is 18.8 Å². The van der Waals surface area contributed by atoms with Gasteiger partial charge in [-0.1, -0.05) is 0 Å². The van der Waals surface area contributed by atoms with E-state index < -0.39 is 15.6 Å². The quantitative estimate of drug-likeness (QED) is 0.803. The van der Waals surface area contributed by atoms with Gasteiger partial charge < -0.3 is 15.8 Å². The molecule has 2 fully saturated rings. The van der Waals surface area contributed by atoms with E-state index in [-0.39, 0.29) is 10.8 Å². The van der Waals surface area contributed by atoms with Crippen LogP contribution in [0.15, 0.2) is 23.1 Å². The second-order valence-electron chi connectivity index (χ2n) is 6.32. The highest BCUT2D eigenvalue weighted by molar-refractivity contribution is 7.89. The van der Waals surface area contributed by atoms with Crippen LogP contribution in [-0.4, -0.2) is 43.9 Å². The molecular formula is C16H23N3O4S. The Morgan fingerprint density at radius 3 is 2.58 bits per heavy atom. The first-order valence-corrected chi connectivity index (χ1v) is 9.68. The fraction of sp³-hybridized carbons (Fsp3) is 0.562. The molecule has 8 heteroatoms. The van der Waals surface area contributed by atoms with Gasteiger partial charge in [0.15, 0.2) is 0 Å². The maximum absolute atomic E-state index is 12.9. The van der Waals surface area contributed by atoms with Crippen molar-refractivity contribution in [3.8, 4) is 5.75 Å². The first kappa shape index (κ1) is 17.2. The van der Waals surface area contributed by atoms with Crippen LogP contribution in [0.2, 0.25) is 0 Å². The molecule has 7 nitrogen and oxygen atoms in total. The summed E-state index contributed by atoms with van der Waals surface area (Å²) >= 11 is 0. The van der Waals surface area contributed by atoms with E-state index in [2.05, 4.69) is 5.32 Å². The molecule has 2 aliphatic rings. The van der Waals surface area contributed by atoms with Crippen molar-refractivity contribution in [3.05, 3.63) is 18.2 Å². The number of nitrogens with one attached hydrogen (secondary N) is 1. The van der Waals surface area contributed by atoms with E-state index in [4.69, 9.17) is 10.5 Å². The van der Waals surface area contributed by atoms with Crippen molar-refractivity contribution < 1.29 is 17.9 Å². The van der Waals surface area contributed by atoms with Crippen LogP contribution < -0.4 is 15.8 Å². The van der Waals surface area contributed by atoms with Gasteiger partial charge >= 0.3 is 0 Å². The fourth-order valence-corrected chi connectivity index (χ4v) is 4.42. The maximum atomic E-state index is 12.9. The van der Waals surface area contributed by atoms with E-state index in [1.807, 2.05) is 0 Å². The van der Waals surface area contributed by atoms with Crippen molar-refractivity contribution in [2.24, 2.45) is 5.73 Å². The van der Waals surface area contributed by atoms with Crippen molar-refractivity contribution in [1.82, 2.24) is 4.31 Å². The Balaban J connectivity index is 1.92. The molecule has 1 saturated heterocycles. The molecule has 1 saturated carbocycles. The molecule has 3 N–H and O–H groups in total. The van der Waals surface area contributed by atoms with Crippen LogP contribution in [0.5, 0.6) is 5.75 Å². The molecule has 1 aromatic carbocycles. The number of nitrogens with zero attached hydrogens (tertiary/aromatic N) is 1. The van der Waals surface area contributed by atoms with Crippen molar-refractivity contribution in [1.29, 1.82) is 0 Å². The van der Waals surface area contributed by atoms with Crippen LogP contribution >= 0.6 is 0 Å². The van der Waals surface area contributed by atoms with Gasteiger partial charge in [-0.3, -0.25) is 4.79 Å². The summed E-state index contributed by atoms with van der Waals surface area (Å²) in [6, 6.07) is 4.68. The number of nitrogens with two attached hydrogens (primary N) is 1. The zero-order valence-corrected chi connectivity index (χ0v) is 14.6. The van der Waals surface area contributed by atoms with E-state index >= 15 is 0 Å². The number of benzene rings is 1. The van der Waals surface area contributed by atoms with Crippen LogP contribution in [0.4, 0.5) is 5.69 Å². The Bertz CT molecular complexity index is 738. The van der Waals surface area contributed by atoms with E-state index in [1.165, 1.54) is 10.4 Å². The van der Waals surface area contributed by atoms with Crippen LogP contribution in [0, 0.1) is 0 Å². The highest BCUT2D eigenvalue weighted by atomic mass is 32.2. The predicted molar refractivity (Wildman–Crippen MR) is 90.4 cm³/mol. The highest BCUT2D eigenvalue weighted by Crippen LogP contribution is 2.35. The predicted octanol–water partition coefficient (Wildman–Crippen LogP) is 1.30. The molecule has 1 aliphatic carbocycles. The molecular weight excluding hydrogens is 330 g/mol. The lowest BCUT2D eigenvalue weighted by atomic mass is 10.2. The fourth-order valence-electron chi connectivity index (χ4n) is 2.75. The third-order valence-electron chi connectivity index (χ3n) is 4.43. The minimum absolute atomic E-state index is 0.0888. The molecule has 24 heavy (non-hydrogen) atoms. The summed E-state index contributed by atoms with van der Waals surface area (Å²) in [5.74, 6) is 0.0208. The van der Waals surface area contributed by atoms with Crippen LogP contribution in [0.3, 0.4) is 0 Å². The number of carbonyl (C=O) groups is 1. The molecule has 1 heterocycles. The normalized spacial score (nSPS) is 19.9. The number of hydrogen-bond donors (Lipinski definition) is 2. The molecule has 1 aliphatic heterocycles. The van der Waals surface area contributed by atoms with Crippen LogP contribution in [0.1, 0.15) is 32.6 Å². The van der Waals surface area contributed by atoms with Crippen molar-refractivity contribution >= 4 is 21.6 Å². The molecule has 132 valence electrons. The number of anilines is 1. The number of rotatable bonds is 6. The summed E-state index contributed by atoms with van der Waals surface area (Å²) in [6.07, 6.45) is 3.01. The lowest BCUT2D eigenvalue weighted by Gasteiger charge is -2.19. The molecule has 1 amide bonds. The third-order valence-corrected chi connectivity index (χ3v) is 6.34. The van der Waals surface area contributed by atoms with Gasteiger partial charge in [-0.15, -0.1) is 0 Å². The standard InChI is InChI=1S/C16H23N3O4S/c1-2-23-13-6-5-12(18-15(20)16(17)7-8-16)11-14(13)24(21,22)19-9-3-4-10-19/h5-6,11H,2-4,7-10,17H2,1H3,(H,18,20). The number of hydrogen-bond acceptors (Lipinski definition) is 5. The van der Waals surface area contributed by atoms with Gasteiger partial charge in [-0.2, -0.15) is 4.31 Å². The zero-order valence-electron chi connectivity index (χ0n) is 13.7. The van der Waals surface area contributed by atoms with E-state index in [0.717, 1.165) is 12.8 Å². The Morgan fingerprint density at radius 2 is 2.00 bits per heavy atom. The Labute approximate surface area is 142 Å². The lowest BCUT2D eigenvalue weighted by Crippen LogP contribution is -2.37. The minimum atomic E-state index is -3.64. The van der Waals surface area contributed by atoms with Crippen molar-refractivity contribution in [2.75, 3.05) is 25.0 Å². The Kier molecular flexibility index (Phi) is 4.54. The molecule has 0 radical (unpaired) electrons. The van der Waals surface area contributed by atoms with Crippen LogP contribution in [-0.2, 0) is 14.8 Å². The number of carbonyl (C=O) groups excluding carboxylic acids is 1. The largest absolute Gasteiger partial charge is 0.492 e. The SMILES string of the molecule is CCOc1ccc(NC(=O)C2(N)CC2)cc1S(=O)(=O)N1CCCC1. The van der Waals surface area contributed by atoms with E-state index in [0.29, 0.717) is 44.0 Å². The average molecular weight is 353 g/mol. The molecule has 0 bridgehead atoms. The second-order valence-corrected chi connectivity index (χ2v) is 8.22. The second kappa shape index (κ2) is 6.34. The monoisotopic (exact) mass is 353 g/mol. The van der Waals surface area contributed by atoms with E-state index in [1.54, 1.807) is 19.1 Å². The smallest absolute Gasteiger partial charge is 0.246 e. The average Bonchev–Trinajstić information content (AvgIpc) is 3.08. The third kappa shape index (κ3) is 3.26. The van der Waals surface area contributed by atoms with Crippen molar-refractivity contribution in [3.63, 3.8) is 0 Å². The first-order chi connectivity index (χ1) is 11.4. The van der Waals surface area contributed by atoms with Gasteiger partial charge in [0.1, 0.15) is 10.6 Å². The number of ether oxygens (including phenoxy) is 1. The Morgan fingerprint density at radius 1 is 1.33 bits per heavy atom. The summed E-state index contributed by atoms with van der Waals surface area (Å²) in [5, 5.41) is 2.71. The van der Waals surface area contributed by atoms with E-state index in [9.17, 15) is 13.2 Å². The van der Waals surface area contributed by atoms with Gasteiger partial charge in [0.25, 0.3) is 0 Å². The summed E-state index contributed by atoms with van der Waals surface area (Å²) in [4.78, 5) is 12.2. The molecule has 3 rings (SSSR count). The lowest BCUT2D eigenvalue weighted by molar-refractivity contribution is -0.118. The van der Waals surface area contributed by atoms with Gasteiger partial charge in [0.2, 0.25) is 15.9 Å².